The highest BCUT2D eigenvalue weighted by molar-refractivity contribution is 14.1. The van der Waals surface area contributed by atoms with Crippen LogP contribution >= 0.6 is 22.9 Å². The topological polar surface area (TPSA) is 131 Å². The van der Waals surface area contributed by atoms with Crippen molar-refractivity contribution in [1.29, 1.82) is 0 Å². The summed E-state index contributed by atoms with van der Waals surface area (Å²) in [5.41, 5.74) is 9.67. The lowest BCUT2D eigenvalue weighted by molar-refractivity contribution is 0.102. The molecule has 3 aromatic rings. The van der Waals surface area contributed by atoms with Gasteiger partial charge in [0.15, 0.2) is 11.5 Å². The molecule has 0 bridgehead atoms. The molecular formula is C21H23IN8O2. The van der Waals surface area contributed by atoms with Crippen LogP contribution in [-0.4, -0.2) is 58.7 Å². The SMILES string of the molecule is Nc1ncc(-c2ccc(CCNI)cn2)nc1C(=O)Nc1cnccc1N1CCOCC1. The van der Waals surface area contributed by atoms with E-state index < -0.39 is 5.91 Å². The number of ether oxygens (including phenoxy) is 1. The first-order valence-corrected chi connectivity index (χ1v) is 11.2. The van der Waals surface area contributed by atoms with Gasteiger partial charge < -0.3 is 20.7 Å². The predicted molar refractivity (Wildman–Crippen MR) is 131 cm³/mol. The van der Waals surface area contributed by atoms with Crippen LogP contribution in [0.2, 0.25) is 0 Å². The molecule has 1 amide bonds. The Balaban J connectivity index is 1.55. The number of carbonyl (C=O) groups excluding carboxylic acids is 1. The summed E-state index contributed by atoms with van der Waals surface area (Å²) in [4.78, 5) is 32.4. The van der Waals surface area contributed by atoms with E-state index in [-0.39, 0.29) is 11.5 Å². The van der Waals surface area contributed by atoms with Gasteiger partial charge in [0.2, 0.25) is 0 Å². The van der Waals surface area contributed by atoms with Crippen molar-refractivity contribution in [3.05, 3.63) is 54.2 Å². The number of hydrogen-bond donors (Lipinski definition) is 3. The molecule has 1 fully saturated rings. The monoisotopic (exact) mass is 546 g/mol. The van der Waals surface area contributed by atoms with E-state index in [1.807, 2.05) is 18.2 Å². The first kappa shape index (κ1) is 22.3. The van der Waals surface area contributed by atoms with Crippen molar-refractivity contribution < 1.29 is 9.53 Å². The Kier molecular flexibility index (Phi) is 7.39. The quantitative estimate of drug-likeness (QED) is 0.301. The van der Waals surface area contributed by atoms with Crippen molar-refractivity contribution in [2.45, 2.75) is 6.42 Å². The fourth-order valence-corrected chi connectivity index (χ4v) is 3.62. The van der Waals surface area contributed by atoms with E-state index in [9.17, 15) is 4.79 Å². The van der Waals surface area contributed by atoms with Crippen LogP contribution < -0.4 is 19.5 Å². The molecular weight excluding hydrogens is 523 g/mol. The number of amides is 1. The number of nitrogens with two attached hydrogens (primary N) is 1. The Morgan fingerprint density at radius 1 is 1.12 bits per heavy atom. The summed E-state index contributed by atoms with van der Waals surface area (Å²) >= 11 is 2.11. The van der Waals surface area contributed by atoms with E-state index in [0.29, 0.717) is 30.3 Å². The zero-order valence-electron chi connectivity index (χ0n) is 17.3. The highest BCUT2D eigenvalue weighted by Gasteiger charge is 2.20. The molecule has 1 saturated heterocycles. The highest BCUT2D eigenvalue weighted by atomic mass is 127. The molecule has 0 aliphatic carbocycles. The molecule has 0 unspecified atom stereocenters. The molecule has 0 atom stereocenters. The van der Waals surface area contributed by atoms with Crippen molar-refractivity contribution in [3.8, 4) is 11.4 Å². The van der Waals surface area contributed by atoms with Crippen molar-refractivity contribution in [3.63, 3.8) is 0 Å². The van der Waals surface area contributed by atoms with E-state index in [0.717, 1.165) is 37.3 Å². The Morgan fingerprint density at radius 2 is 1.97 bits per heavy atom. The van der Waals surface area contributed by atoms with Crippen molar-refractivity contribution >= 4 is 46.0 Å². The van der Waals surface area contributed by atoms with Gasteiger partial charge in [0, 0.05) is 54.9 Å². The number of morpholine rings is 1. The predicted octanol–water partition coefficient (Wildman–Crippen LogP) is 2.09. The molecule has 3 aromatic heterocycles. The second-order valence-corrected chi connectivity index (χ2v) is 7.88. The minimum atomic E-state index is -0.455. The van der Waals surface area contributed by atoms with Gasteiger partial charge >= 0.3 is 0 Å². The molecule has 1 aliphatic heterocycles. The van der Waals surface area contributed by atoms with Gasteiger partial charge in [-0.1, -0.05) is 6.07 Å². The van der Waals surface area contributed by atoms with Crippen molar-refractivity contribution in [1.82, 2.24) is 23.5 Å². The van der Waals surface area contributed by atoms with Gasteiger partial charge in [-0.3, -0.25) is 18.3 Å². The summed E-state index contributed by atoms with van der Waals surface area (Å²) in [7, 11) is 0. The minimum absolute atomic E-state index is 0.0410. The molecule has 1 aliphatic rings. The van der Waals surface area contributed by atoms with Gasteiger partial charge in [0.1, 0.15) is 5.69 Å². The molecule has 0 saturated carbocycles. The second kappa shape index (κ2) is 10.6. The second-order valence-electron chi connectivity index (χ2n) is 7.12. The Hall–Kier alpha value is -2.90. The standard InChI is InChI=1S/C21H23IN8O2/c22-27-6-3-14-1-2-15(25-11-14)16-13-26-20(23)19(28-16)21(31)29-17-12-24-5-4-18(17)30-7-9-32-10-8-30/h1-2,4-5,11-13,27H,3,6-10H2,(H2,23,26)(H,29,31). The van der Waals surface area contributed by atoms with Crippen LogP contribution in [0.3, 0.4) is 0 Å². The van der Waals surface area contributed by atoms with Crippen molar-refractivity contribution in [2.75, 3.05) is 48.8 Å². The van der Waals surface area contributed by atoms with E-state index in [4.69, 9.17) is 10.5 Å². The van der Waals surface area contributed by atoms with Crippen LogP contribution in [0.5, 0.6) is 0 Å². The molecule has 0 radical (unpaired) electrons. The third-order valence-corrected chi connectivity index (χ3v) is 5.55. The van der Waals surface area contributed by atoms with Gasteiger partial charge in [-0.15, -0.1) is 0 Å². The zero-order valence-corrected chi connectivity index (χ0v) is 19.4. The third-order valence-electron chi connectivity index (χ3n) is 5.01. The third kappa shape index (κ3) is 5.29. The Bertz CT molecular complexity index is 1070. The van der Waals surface area contributed by atoms with Gasteiger partial charge in [-0.2, -0.15) is 0 Å². The van der Waals surface area contributed by atoms with Crippen LogP contribution in [0.15, 0.2) is 43.0 Å². The fourth-order valence-electron chi connectivity index (χ4n) is 3.35. The van der Waals surface area contributed by atoms with E-state index in [1.54, 1.807) is 18.6 Å². The van der Waals surface area contributed by atoms with Gasteiger partial charge in [0.05, 0.1) is 42.7 Å². The molecule has 166 valence electrons. The Morgan fingerprint density at radius 3 is 2.72 bits per heavy atom. The molecule has 32 heavy (non-hydrogen) atoms. The smallest absolute Gasteiger partial charge is 0.278 e. The lowest BCUT2D eigenvalue weighted by Gasteiger charge is -2.30. The molecule has 4 heterocycles. The van der Waals surface area contributed by atoms with Gasteiger partial charge in [-0.05, 0) is 24.1 Å². The average Bonchev–Trinajstić information content (AvgIpc) is 2.84. The summed E-state index contributed by atoms with van der Waals surface area (Å²) in [5.74, 6) is -0.406. The number of pyridine rings is 2. The molecule has 4 rings (SSSR count). The number of nitrogens with one attached hydrogen (secondary N) is 2. The summed E-state index contributed by atoms with van der Waals surface area (Å²) < 4.78 is 8.50. The minimum Gasteiger partial charge on any atom is -0.382 e. The lowest BCUT2D eigenvalue weighted by atomic mass is 10.2. The number of nitrogens with zero attached hydrogens (tertiary/aromatic N) is 5. The lowest BCUT2D eigenvalue weighted by Crippen LogP contribution is -2.36. The maximum absolute atomic E-state index is 13.0. The van der Waals surface area contributed by atoms with Crippen molar-refractivity contribution in [2.24, 2.45) is 0 Å². The molecule has 10 nitrogen and oxygen atoms in total. The number of hydrogen-bond acceptors (Lipinski definition) is 9. The summed E-state index contributed by atoms with van der Waals surface area (Å²) in [6.45, 7) is 3.60. The summed E-state index contributed by atoms with van der Waals surface area (Å²) in [6, 6.07) is 5.71. The maximum Gasteiger partial charge on any atom is 0.278 e. The number of carbonyl (C=O) groups is 1. The average molecular weight is 546 g/mol. The molecule has 4 N–H and O–H groups in total. The summed E-state index contributed by atoms with van der Waals surface area (Å²) in [6.07, 6.45) is 7.49. The van der Waals surface area contributed by atoms with Crippen LogP contribution in [-0.2, 0) is 11.2 Å². The number of nitrogen functional groups attached to an aromatic ring is 1. The zero-order chi connectivity index (χ0) is 22.3. The molecule has 11 heteroatoms. The van der Waals surface area contributed by atoms with E-state index in [1.165, 1.54) is 6.20 Å². The Labute approximate surface area is 199 Å². The van der Waals surface area contributed by atoms with Crippen LogP contribution in [0.1, 0.15) is 16.1 Å². The number of aromatic nitrogens is 4. The number of anilines is 3. The van der Waals surface area contributed by atoms with Crippen LogP contribution in [0, 0.1) is 0 Å². The highest BCUT2D eigenvalue weighted by Crippen LogP contribution is 2.26. The normalized spacial score (nSPS) is 13.7. The van der Waals surface area contributed by atoms with E-state index in [2.05, 4.69) is 56.5 Å². The van der Waals surface area contributed by atoms with Crippen LogP contribution in [0.4, 0.5) is 17.2 Å². The fraction of sp³-hybridized carbons (Fsp3) is 0.286. The molecule has 0 spiro atoms. The van der Waals surface area contributed by atoms with E-state index >= 15 is 0 Å². The largest absolute Gasteiger partial charge is 0.382 e. The first-order valence-electron chi connectivity index (χ1n) is 10.1. The van der Waals surface area contributed by atoms with Crippen LogP contribution in [0.25, 0.3) is 11.4 Å². The summed E-state index contributed by atoms with van der Waals surface area (Å²) in [5, 5.41) is 2.88. The van der Waals surface area contributed by atoms with Gasteiger partial charge in [-0.25, -0.2) is 9.97 Å². The molecule has 0 aromatic carbocycles. The van der Waals surface area contributed by atoms with Gasteiger partial charge in [0.25, 0.3) is 5.91 Å². The maximum atomic E-state index is 13.0. The first-order chi connectivity index (χ1) is 15.7. The number of rotatable bonds is 7. The number of halogens is 1.